The van der Waals surface area contributed by atoms with E-state index in [-0.39, 0.29) is 18.4 Å². The van der Waals surface area contributed by atoms with Crippen LogP contribution in [0.15, 0.2) is 48.8 Å². The summed E-state index contributed by atoms with van der Waals surface area (Å²) in [7, 11) is 0. The van der Waals surface area contributed by atoms with Crippen molar-refractivity contribution in [2.45, 2.75) is 33.3 Å². The summed E-state index contributed by atoms with van der Waals surface area (Å²) in [6, 6.07) is 10.9. The summed E-state index contributed by atoms with van der Waals surface area (Å²) in [5, 5.41) is 5.68. The second-order valence-corrected chi connectivity index (χ2v) is 6.03. The van der Waals surface area contributed by atoms with Gasteiger partial charge in [0, 0.05) is 24.6 Å². The Bertz CT molecular complexity index is 767. The lowest BCUT2D eigenvalue weighted by molar-refractivity contribution is -0.128. The van der Waals surface area contributed by atoms with Crippen LogP contribution in [0, 0.1) is 0 Å². The summed E-state index contributed by atoms with van der Waals surface area (Å²) >= 11 is 0. The molecule has 0 bridgehead atoms. The number of nitrogens with one attached hydrogen (secondary N) is 2. The second kappa shape index (κ2) is 10.9. The number of carbonyl (C=O) groups excluding carboxylic acids is 2. The summed E-state index contributed by atoms with van der Waals surface area (Å²) in [6.07, 6.45) is 3.44. The van der Waals surface area contributed by atoms with Crippen molar-refractivity contribution in [2.75, 3.05) is 29.9 Å². The molecule has 0 saturated carbocycles. The fourth-order valence-corrected chi connectivity index (χ4v) is 2.76. The van der Waals surface area contributed by atoms with Crippen LogP contribution in [0.3, 0.4) is 0 Å². The highest BCUT2D eigenvalue weighted by atomic mass is 16.5. The van der Waals surface area contributed by atoms with Crippen LogP contribution in [-0.2, 0) is 9.59 Å². The van der Waals surface area contributed by atoms with Crippen molar-refractivity contribution in [1.82, 2.24) is 10.3 Å². The Balaban J connectivity index is 0.00000136. The molecule has 3 rings (SSSR count). The number of pyridine rings is 1. The number of nitrogens with zero attached hydrogens (tertiary/aromatic N) is 2. The number of rotatable bonds is 6. The Labute approximate surface area is 166 Å². The summed E-state index contributed by atoms with van der Waals surface area (Å²) in [5.41, 5.74) is 1.49. The van der Waals surface area contributed by atoms with Crippen molar-refractivity contribution in [3.8, 4) is 5.75 Å². The van der Waals surface area contributed by atoms with Gasteiger partial charge in [-0.2, -0.15) is 0 Å². The number of carbonyl (C=O) groups is 2. The Morgan fingerprint density at radius 3 is 2.61 bits per heavy atom. The molecule has 7 heteroatoms. The third-order valence-electron chi connectivity index (χ3n) is 4.00. The Morgan fingerprint density at radius 1 is 1.18 bits per heavy atom. The highest BCUT2D eigenvalue weighted by Gasteiger charge is 2.31. The van der Waals surface area contributed by atoms with E-state index in [2.05, 4.69) is 15.6 Å². The first-order valence-corrected chi connectivity index (χ1v) is 9.65. The first-order chi connectivity index (χ1) is 13.7. The molecule has 0 saturated heterocycles. The van der Waals surface area contributed by atoms with E-state index >= 15 is 0 Å². The van der Waals surface area contributed by atoms with Gasteiger partial charge in [0.1, 0.15) is 5.75 Å². The van der Waals surface area contributed by atoms with Crippen molar-refractivity contribution < 1.29 is 14.3 Å². The van der Waals surface area contributed by atoms with Gasteiger partial charge in [0.25, 0.3) is 5.91 Å². The Hall–Kier alpha value is -3.09. The molecule has 1 aliphatic heterocycles. The number of aromatic nitrogens is 1. The molecule has 0 radical (unpaired) electrons. The van der Waals surface area contributed by atoms with Crippen LogP contribution < -0.4 is 20.3 Å². The zero-order chi connectivity index (χ0) is 20.4. The lowest BCUT2D eigenvalue weighted by Crippen LogP contribution is -2.50. The first kappa shape index (κ1) is 21.2. The summed E-state index contributed by atoms with van der Waals surface area (Å²) < 4.78 is 5.83. The van der Waals surface area contributed by atoms with E-state index in [9.17, 15) is 9.59 Å². The van der Waals surface area contributed by atoms with Crippen molar-refractivity contribution in [3.05, 3.63) is 48.8 Å². The number of hydrogen-bond donors (Lipinski definition) is 2. The van der Waals surface area contributed by atoms with Crippen molar-refractivity contribution in [3.63, 3.8) is 0 Å². The largest absolute Gasteiger partial charge is 0.477 e. The molecule has 0 spiro atoms. The van der Waals surface area contributed by atoms with Gasteiger partial charge in [-0.25, -0.2) is 0 Å². The summed E-state index contributed by atoms with van der Waals surface area (Å²) in [5.74, 6) is 0.272. The van der Waals surface area contributed by atoms with Crippen molar-refractivity contribution in [1.29, 1.82) is 0 Å². The first-order valence-electron chi connectivity index (χ1n) is 9.65. The normalized spacial score (nSPS) is 14.7. The van der Waals surface area contributed by atoms with Gasteiger partial charge < -0.3 is 20.3 Å². The molecule has 2 amide bonds. The minimum atomic E-state index is -0.648. The van der Waals surface area contributed by atoms with E-state index in [4.69, 9.17) is 4.74 Å². The van der Waals surface area contributed by atoms with Crippen LogP contribution >= 0.6 is 0 Å². The van der Waals surface area contributed by atoms with Crippen LogP contribution in [0.5, 0.6) is 5.75 Å². The van der Waals surface area contributed by atoms with Gasteiger partial charge in [-0.3, -0.25) is 14.6 Å². The maximum atomic E-state index is 12.4. The van der Waals surface area contributed by atoms with E-state index in [0.717, 1.165) is 12.1 Å². The molecule has 1 aliphatic rings. The number of ether oxygens (including phenoxy) is 1. The molecule has 1 aromatic heterocycles. The monoisotopic (exact) mass is 384 g/mol. The predicted octanol–water partition coefficient (Wildman–Crippen LogP) is 2.84. The minimum absolute atomic E-state index is 0.125. The lowest BCUT2D eigenvalue weighted by atomic mass is 10.1. The number of amides is 2. The molecule has 2 heterocycles. The Morgan fingerprint density at radius 2 is 1.89 bits per heavy atom. The smallest absolute Gasteiger partial charge is 0.262 e. The average molecular weight is 384 g/mol. The predicted molar refractivity (Wildman–Crippen MR) is 111 cm³/mol. The fourth-order valence-electron chi connectivity index (χ4n) is 2.76. The molecule has 2 aromatic rings. The standard InChI is InChI=1S/C19H22N4O3.C2H6/c1-2-9-21-19(25)17-12-23(15-5-3-4-6-16(15)26-17)13-18(24)22-14-7-10-20-11-8-14;1-2/h3-8,10-11,17H,2,9,12-13H2,1H3,(H,21,25)(H,20,22,24);1-2H3. The van der Waals surface area contributed by atoms with E-state index in [1.165, 1.54) is 0 Å². The molecule has 7 nitrogen and oxygen atoms in total. The second-order valence-electron chi connectivity index (χ2n) is 6.03. The molecule has 28 heavy (non-hydrogen) atoms. The topological polar surface area (TPSA) is 83.6 Å². The fraction of sp³-hybridized carbons (Fsp3) is 0.381. The van der Waals surface area contributed by atoms with Gasteiger partial charge in [0.05, 0.1) is 18.8 Å². The number of hydrogen-bond acceptors (Lipinski definition) is 5. The van der Waals surface area contributed by atoms with E-state index in [1.807, 2.05) is 49.9 Å². The number of benzene rings is 1. The van der Waals surface area contributed by atoms with Crippen LogP contribution in [0.4, 0.5) is 11.4 Å². The van der Waals surface area contributed by atoms with Crippen LogP contribution in [0.1, 0.15) is 27.2 Å². The quantitative estimate of drug-likeness (QED) is 0.800. The van der Waals surface area contributed by atoms with E-state index in [0.29, 0.717) is 24.5 Å². The van der Waals surface area contributed by atoms with Crippen molar-refractivity contribution >= 4 is 23.2 Å². The van der Waals surface area contributed by atoms with Crippen LogP contribution in [0.2, 0.25) is 0 Å². The third kappa shape index (κ3) is 5.70. The van der Waals surface area contributed by atoms with Gasteiger partial charge in [-0.15, -0.1) is 0 Å². The number of anilines is 2. The molecule has 150 valence electrons. The van der Waals surface area contributed by atoms with Crippen molar-refractivity contribution in [2.24, 2.45) is 0 Å². The Kier molecular flexibility index (Phi) is 8.27. The molecule has 1 unspecified atom stereocenters. The zero-order valence-corrected chi connectivity index (χ0v) is 16.6. The average Bonchev–Trinajstić information content (AvgIpc) is 2.74. The molecule has 1 aromatic carbocycles. The molecular weight excluding hydrogens is 356 g/mol. The summed E-state index contributed by atoms with van der Waals surface area (Å²) in [6.45, 7) is 7.03. The maximum Gasteiger partial charge on any atom is 0.262 e. The molecule has 0 aliphatic carbocycles. The van der Waals surface area contributed by atoms with E-state index < -0.39 is 6.10 Å². The zero-order valence-electron chi connectivity index (χ0n) is 16.6. The number of para-hydroxylation sites is 2. The highest BCUT2D eigenvalue weighted by Crippen LogP contribution is 2.32. The number of fused-ring (bicyclic) bond motifs is 1. The molecular formula is C21H28N4O3. The molecule has 0 fully saturated rings. The van der Waals surface area contributed by atoms with Crippen LogP contribution in [-0.4, -0.2) is 42.5 Å². The van der Waals surface area contributed by atoms with Gasteiger partial charge in [-0.05, 0) is 30.7 Å². The van der Waals surface area contributed by atoms with Gasteiger partial charge in [0.2, 0.25) is 5.91 Å². The third-order valence-corrected chi connectivity index (χ3v) is 4.00. The molecule has 2 N–H and O–H groups in total. The maximum absolute atomic E-state index is 12.4. The molecule has 1 atom stereocenters. The highest BCUT2D eigenvalue weighted by molar-refractivity contribution is 5.94. The van der Waals surface area contributed by atoms with Gasteiger partial charge in [0.15, 0.2) is 6.10 Å². The SMILES string of the molecule is CC.CCCNC(=O)C1CN(CC(=O)Nc2ccncc2)c2ccccc2O1. The lowest BCUT2D eigenvalue weighted by Gasteiger charge is -2.35. The summed E-state index contributed by atoms with van der Waals surface area (Å²) in [4.78, 5) is 30.5. The minimum Gasteiger partial charge on any atom is -0.477 e. The van der Waals surface area contributed by atoms with Gasteiger partial charge >= 0.3 is 0 Å². The van der Waals surface area contributed by atoms with E-state index in [1.54, 1.807) is 24.5 Å². The van der Waals surface area contributed by atoms with Crippen LogP contribution in [0.25, 0.3) is 0 Å². The van der Waals surface area contributed by atoms with Gasteiger partial charge in [-0.1, -0.05) is 32.9 Å².